The van der Waals surface area contributed by atoms with E-state index in [-0.39, 0.29) is 5.91 Å². The summed E-state index contributed by atoms with van der Waals surface area (Å²) in [4.78, 5) is 24.7. The number of aromatic nitrogens is 2. The topological polar surface area (TPSA) is 75.4 Å². The number of nitrogens with zero attached hydrogens (tertiary/aromatic N) is 3. The van der Waals surface area contributed by atoms with E-state index in [1.165, 1.54) is 15.8 Å². The van der Waals surface area contributed by atoms with Crippen LogP contribution in [0.2, 0.25) is 0 Å². The van der Waals surface area contributed by atoms with Crippen LogP contribution in [0.3, 0.4) is 0 Å². The summed E-state index contributed by atoms with van der Waals surface area (Å²) in [7, 11) is 1.72. The summed E-state index contributed by atoms with van der Waals surface area (Å²) in [5.74, 6) is -1.17. The molecule has 0 radical (unpaired) electrons. The minimum absolute atomic E-state index is 0.245. The van der Waals surface area contributed by atoms with Crippen LogP contribution in [0.5, 0.6) is 0 Å². The van der Waals surface area contributed by atoms with Crippen LogP contribution >= 0.6 is 0 Å². The smallest absolute Gasteiger partial charge is 0.326 e. The fourth-order valence-corrected chi connectivity index (χ4v) is 2.13. The van der Waals surface area contributed by atoms with Crippen LogP contribution in [0.15, 0.2) is 12.4 Å². The third-order valence-electron chi connectivity index (χ3n) is 3.00. The molecule has 0 aromatic carbocycles. The number of rotatable bonds is 2. The molecule has 6 heteroatoms. The highest BCUT2D eigenvalue weighted by Crippen LogP contribution is 2.19. The van der Waals surface area contributed by atoms with Crippen LogP contribution in [0.1, 0.15) is 29.6 Å². The molecule has 1 N–H and O–H groups in total. The van der Waals surface area contributed by atoms with E-state index >= 15 is 0 Å². The van der Waals surface area contributed by atoms with Crippen molar-refractivity contribution in [1.29, 1.82) is 0 Å². The number of amides is 1. The minimum Gasteiger partial charge on any atom is -0.480 e. The number of hydrogen-bond donors (Lipinski definition) is 1. The van der Waals surface area contributed by atoms with Crippen LogP contribution < -0.4 is 0 Å². The van der Waals surface area contributed by atoms with Crippen molar-refractivity contribution in [2.45, 2.75) is 25.3 Å². The standard InChI is InChI=1S/C11H15N3O3/c1-13-7-8(6-12-13)10(15)14-5-3-2-4-9(14)11(16)17/h6-7,9H,2-5H2,1H3,(H,16,17). The first-order valence-electron chi connectivity index (χ1n) is 5.62. The van der Waals surface area contributed by atoms with Gasteiger partial charge in [0.2, 0.25) is 0 Å². The zero-order chi connectivity index (χ0) is 12.4. The number of piperidine rings is 1. The Kier molecular flexibility index (Phi) is 3.12. The van der Waals surface area contributed by atoms with Crippen molar-refractivity contribution in [2.75, 3.05) is 6.54 Å². The van der Waals surface area contributed by atoms with Gasteiger partial charge in [-0.3, -0.25) is 9.48 Å². The zero-order valence-corrected chi connectivity index (χ0v) is 9.67. The Morgan fingerprint density at radius 2 is 2.24 bits per heavy atom. The average molecular weight is 237 g/mol. The van der Waals surface area contributed by atoms with Gasteiger partial charge in [-0.05, 0) is 19.3 Å². The van der Waals surface area contributed by atoms with Crippen molar-refractivity contribution in [3.63, 3.8) is 0 Å². The molecule has 1 aliphatic heterocycles. The highest BCUT2D eigenvalue weighted by atomic mass is 16.4. The molecule has 1 saturated heterocycles. The molecular weight excluding hydrogens is 222 g/mol. The van der Waals surface area contributed by atoms with Gasteiger partial charge >= 0.3 is 5.97 Å². The Balaban J connectivity index is 2.19. The molecule has 2 rings (SSSR count). The summed E-state index contributed by atoms with van der Waals surface area (Å²) in [6.07, 6.45) is 5.32. The van der Waals surface area contributed by atoms with E-state index in [2.05, 4.69) is 5.10 Å². The molecule has 0 saturated carbocycles. The second-order valence-electron chi connectivity index (χ2n) is 4.25. The molecule has 6 nitrogen and oxygen atoms in total. The molecule has 17 heavy (non-hydrogen) atoms. The van der Waals surface area contributed by atoms with Gasteiger partial charge in [0, 0.05) is 19.8 Å². The number of carboxylic acids is 1. The first-order chi connectivity index (χ1) is 8.09. The van der Waals surface area contributed by atoms with E-state index in [4.69, 9.17) is 5.11 Å². The molecule has 0 bridgehead atoms. The van der Waals surface area contributed by atoms with Crippen molar-refractivity contribution in [3.05, 3.63) is 18.0 Å². The van der Waals surface area contributed by atoms with Gasteiger partial charge in [-0.25, -0.2) is 4.79 Å². The molecule has 1 aromatic heterocycles. The lowest BCUT2D eigenvalue weighted by Crippen LogP contribution is -2.47. The van der Waals surface area contributed by atoms with E-state index in [1.807, 2.05) is 0 Å². The largest absolute Gasteiger partial charge is 0.480 e. The minimum atomic E-state index is -0.929. The van der Waals surface area contributed by atoms with Crippen LogP contribution in [-0.2, 0) is 11.8 Å². The number of carbonyl (C=O) groups excluding carboxylic acids is 1. The Bertz CT molecular complexity index is 441. The van der Waals surface area contributed by atoms with Gasteiger partial charge in [-0.15, -0.1) is 0 Å². The van der Waals surface area contributed by atoms with Crippen molar-refractivity contribution in [2.24, 2.45) is 7.05 Å². The molecule has 1 aliphatic rings. The number of likely N-dealkylation sites (tertiary alicyclic amines) is 1. The molecule has 2 heterocycles. The Hall–Kier alpha value is -1.85. The van der Waals surface area contributed by atoms with E-state index in [9.17, 15) is 9.59 Å². The number of aliphatic carboxylic acids is 1. The molecule has 92 valence electrons. The van der Waals surface area contributed by atoms with Crippen molar-refractivity contribution in [1.82, 2.24) is 14.7 Å². The third-order valence-corrected chi connectivity index (χ3v) is 3.00. The summed E-state index contributed by atoms with van der Waals surface area (Å²) in [5, 5.41) is 13.0. The molecular formula is C11H15N3O3. The number of hydrogen-bond acceptors (Lipinski definition) is 3. The molecule has 1 amide bonds. The van der Waals surface area contributed by atoms with Crippen molar-refractivity contribution < 1.29 is 14.7 Å². The van der Waals surface area contributed by atoms with Crippen LogP contribution in [0.25, 0.3) is 0 Å². The van der Waals surface area contributed by atoms with Gasteiger partial charge in [0.05, 0.1) is 11.8 Å². The van der Waals surface area contributed by atoms with Gasteiger partial charge in [0.25, 0.3) is 5.91 Å². The summed E-state index contributed by atoms with van der Waals surface area (Å²) >= 11 is 0. The third kappa shape index (κ3) is 2.30. The lowest BCUT2D eigenvalue weighted by molar-refractivity contribution is -0.143. The predicted octanol–water partition coefficient (Wildman–Crippen LogP) is 0.499. The van der Waals surface area contributed by atoms with Crippen molar-refractivity contribution in [3.8, 4) is 0 Å². The second kappa shape index (κ2) is 4.57. The Morgan fingerprint density at radius 3 is 2.82 bits per heavy atom. The summed E-state index contributed by atoms with van der Waals surface area (Å²) < 4.78 is 1.53. The summed E-state index contributed by atoms with van der Waals surface area (Å²) in [5.41, 5.74) is 0.445. The SMILES string of the molecule is Cn1cc(C(=O)N2CCCCC2C(=O)O)cn1. The average Bonchev–Trinajstić information content (AvgIpc) is 2.75. The zero-order valence-electron chi connectivity index (χ0n) is 9.67. The number of aryl methyl sites for hydroxylation is 1. The molecule has 1 aromatic rings. The maximum atomic E-state index is 12.1. The quantitative estimate of drug-likeness (QED) is 0.812. The van der Waals surface area contributed by atoms with Gasteiger partial charge in [0.15, 0.2) is 0 Å². The van der Waals surface area contributed by atoms with Crippen LogP contribution in [-0.4, -0.2) is 44.3 Å². The molecule has 1 atom stereocenters. The first-order valence-corrected chi connectivity index (χ1v) is 5.62. The first kappa shape index (κ1) is 11.6. The van der Waals surface area contributed by atoms with Gasteiger partial charge in [-0.1, -0.05) is 0 Å². The maximum absolute atomic E-state index is 12.1. The Labute approximate surface area is 98.8 Å². The van der Waals surface area contributed by atoms with E-state index in [0.29, 0.717) is 18.5 Å². The summed E-state index contributed by atoms with van der Waals surface area (Å²) in [6, 6.07) is -0.698. The molecule has 0 spiro atoms. The van der Waals surface area contributed by atoms with Gasteiger partial charge in [-0.2, -0.15) is 5.10 Å². The fourth-order valence-electron chi connectivity index (χ4n) is 2.13. The second-order valence-corrected chi connectivity index (χ2v) is 4.25. The van der Waals surface area contributed by atoms with E-state index in [1.54, 1.807) is 13.2 Å². The van der Waals surface area contributed by atoms with Crippen molar-refractivity contribution >= 4 is 11.9 Å². The monoisotopic (exact) mass is 237 g/mol. The van der Waals surface area contributed by atoms with E-state index in [0.717, 1.165) is 12.8 Å². The highest BCUT2D eigenvalue weighted by molar-refractivity contribution is 5.96. The maximum Gasteiger partial charge on any atom is 0.326 e. The van der Waals surface area contributed by atoms with Gasteiger partial charge < -0.3 is 10.0 Å². The van der Waals surface area contributed by atoms with Crippen LogP contribution in [0.4, 0.5) is 0 Å². The summed E-state index contributed by atoms with van der Waals surface area (Å²) in [6.45, 7) is 0.505. The molecule has 1 unspecified atom stereocenters. The lowest BCUT2D eigenvalue weighted by atomic mass is 10.0. The fraction of sp³-hybridized carbons (Fsp3) is 0.545. The predicted molar refractivity (Wildman–Crippen MR) is 59.5 cm³/mol. The highest BCUT2D eigenvalue weighted by Gasteiger charge is 2.32. The molecule has 0 aliphatic carbocycles. The number of carboxylic acid groups (broad SMARTS) is 1. The van der Waals surface area contributed by atoms with E-state index < -0.39 is 12.0 Å². The van der Waals surface area contributed by atoms with Gasteiger partial charge in [0.1, 0.15) is 6.04 Å². The lowest BCUT2D eigenvalue weighted by Gasteiger charge is -2.32. The normalized spacial score (nSPS) is 20.3. The number of carbonyl (C=O) groups is 2. The molecule has 1 fully saturated rings. The Morgan fingerprint density at radius 1 is 1.47 bits per heavy atom. The van der Waals surface area contributed by atoms with Crippen LogP contribution in [0, 0.1) is 0 Å².